The van der Waals surface area contributed by atoms with Crippen LogP contribution in [0.3, 0.4) is 0 Å². The normalized spacial score (nSPS) is 18.2. The number of carboxylic acid groups (broad SMARTS) is 1. The fourth-order valence-electron chi connectivity index (χ4n) is 1.79. The smallest absolute Gasteiger partial charge is 0.398 e. The van der Waals surface area contributed by atoms with Gasteiger partial charge in [0.2, 0.25) is 0 Å². The minimum Gasteiger partial charge on any atom is -0.478 e. The second-order valence-corrected chi connectivity index (χ2v) is 3.96. The lowest BCUT2D eigenvalue weighted by Crippen LogP contribution is -2.28. The van der Waals surface area contributed by atoms with Crippen molar-refractivity contribution in [1.82, 2.24) is 0 Å². The first-order valence-corrected chi connectivity index (χ1v) is 4.77. The SMILES string of the molecule is O=C(O)c1ccc(C2(C(F)(F)F)CC2)cc1. The molecule has 1 aromatic carbocycles. The fourth-order valence-corrected chi connectivity index (χ4v) is 1.79. The van der Waals surface area contributed by atoms with Crippen molar-refractivity contribution >= 4 is 5.97 Å². The molecule has 0 radical (unpaired) electrons. The molecule has 0 bridgehead atoms. The van der Waals surface area contributed by atoms with E-state index in [-0.39, 0.29) is 24.0 Å². The Morgan fingerprint density at radius 2 is 1.69 bits per heavy atom. The number of hydrogen-bond acceptors (Lipinski definition) is 1. The highest BCUT2D eigenvalue weighted by Gasteiger charge is 2.64. The summed E-state index contributed by atoms with van der Waals surface area (Å²) in [4.78, 5) is 10.6. The number of carbonyl (C=O) groups is 1. The molecule has 1 N–H and O–H groups in total. The molecule has 0 heterocycles. The van der Waals surface area contributed by atoms with Gasteiger partial charge < -0.3 is 5.11 Å². The molecule has 1 fully saturated rings. The maximum Gasteiger partial charge on any atom is 0.398 e. The summed E-state index contributed by atoms with van der Waals surface area (Å²) in [6.07, 6.45) is -4.08. The predicted octanol–water partition coefficient (Wildman–Crippen LogP) is 2.98. The van der Waals surface area contributed by atoms with Gasteiger partial charge in [0.05, 0.1) is 11.0 Å². The molecule has 0 saturated heterocycles. The summed E-state index contributed by atoms with van der Waals surface area (Å²) in [5.41, 5.74) is -1.57. The van der Waals surface area contributed by atoms with Crippen LogP contribution in [0.2, 0.25) is 0 Å². The van der Waals surface area contributed by atoms with Crippen LogP contribution in [0.4, 0.5) is 13.2 Å². The number of halogens is 3. The van der Waals surface area contributed by atoms with E-state index in [2.05, 4.69) is 0 Å². The predicted molar refractivity (Wildman–Crippen MR) is 50.4 cm³/mol. The summed E-state index contributed by atoms with van der Waals surface area (Å²) < 4.78 is 38.2. The van der Waals surface area contributed by atoms with Gasteiger partial charge in [-0.2, -0.15) is 13.2 Å². The number of aromatic carboxylic acids is 1. The van der Waals surface area contributed by atoms with E-state index < -0.39 is 17.6 Å². The van der Waals surface area contributed by atoms with Crippen LogP contribution in [0.25, 0.3) is 0 Å². The standard InChI is InChI=1S/C11H9F3O2/c12-11(13,14)10(5-6-10)8-3-1-7(2-4-8)9(15)16/h1-4H,5-6H2,(H,15,16). The molecule has 0 amide bonds. The van der Waals surface area contributed by atoms with Gasteiger partial charge in [-0.1, -0.05) is 12.1 Å². The zero-order chi connectivity index (χ0) is 12.0. The minimum absolute atomic E-state index is 0.00160. The van der Waals surface area contributed by atoms with Crippen LogP contribution in [0.15, 0.2) is 24.3 Å². The van der Waals surface area contributed by atoms with E-state index in [4.69, 9.17) is 5.11 Å². The van der Waals surface area contributed by atoms with E-state index in [1.54, 1.807) is 0 Å². The third-order valence-electron chi connectivity index (χ3n) is 2.98. The molecule has 0 aliphatic heterocycles. The molecule has 1 aliphatic carbocycles. The maximum absolute atomic E-state index is 12.7. The van der Waals surface area contributed by atoms with E-state index in [0.29, 0.717) is 0 Å². The molecule has 0 atom stereocenters. The number of alkyl halides is 3. The average molecular weight is 230 g/mol. The van der Waals surface area contributed by atoms with Gasteiger partial charge in [-0.3, -0.25) is 0 Å². The zero-order valence-electron chi connectivity index (χ0n) is 8.21. The number of carboxylic acids is 1. The van der Waals surface area contributed by atoms with Crippen molar-refractivity contribution in [2.45, 2.75) is 24.4 Å². The summed E-state index contributed by atoms with van der Waals surface area (Å²) in [6, 6.07) is 4.93. The van der Waals surface area contributed by atoms with Crippen LogP contribution in [0, 0.1) is 0 Å². The van der Waals surface area contributed by atoms with Gasteiger partial charge in [0.25, 0.3) is 0 Å². The van der Waals surface area contributed by atoms with Crippen LogP contribution >= 0.6 is 0 Å². The van der Waals surface area contributed by atoms with Crippen molar-refractivity contribution in [1.29, 1.82) is 0 Å². The molecule has 86 valence electrons. The van der Waals surface area contributed by atoms with Crippen molar-refractivity contribution in [3.05, 3.63) is 35.4 Å². The largest absolute Gasteiger partial charge is 0.478 e. The van der Waals surface area contributed by atoms with Gasteiger partial charge in [0.1, 0.15) is 0 Å². The number of rotatable bonds is 2. The van der Waals surface area contributed by atoms with Gasteiger partial charge in [-0.15, -0.1) is 0 Å². The van der Waals surface area contributed by atoms with Crippen LogP contribution in [0.1, 0.15) is 28.8 Å². The fraction of sp³-hybridized carbons (Fsp3) is 0.364. The van der Waals surface area contributed by atoms with Crippen molar-refractivity contribution in [2.24, 2.45) is 0 Å². The molecular weight excluding hydrogens is 221 g/mol. The Balaban J connectivity index is 2.33. The molecule has 5 heteroatoms. The van der Waals surface area contributed by atoms with Crippen molar-refractivity contribution in [3.63, 3.8) is 0 Å². The zero-order valence-corrected chi connectivity index (χ0v) is 8.21. The Bertz CT molecular complexity index is 416. The Morgan fingerprint density at radius 1 is 1.19 bits per heavy atom. The Morgan fingerprint density at radius 3 is 2.00 bits per heavy atom. The Kier molecular flexibility index (Phi) is 2.22. The lowest BCUT2D eigenvalue weighted by molar-refractivity contribution is -0.160. The van der Waals surface area contributed by atoms with E-state index in [1.807, 2.05) is 0 Å². The third kappa shape index (κ3) is 1.56. The summed E-state index contributed by atoms with van der Waals surface area (Å²) in [5.74, 6) is -1.14. The van der Waals surface area contributed by atoms with Gasteiger partial charge in [0, 0.05) is 0 Å². The molecular formula is C11H9F3O2. The molecule has 2 nitrogen and oxygen atoms in total. The van der Waals surface area contributed by atoms with Crippen LogP contribution in [-0.2, 0) is 5.41 Å². The number of benzene rings is 1. The van der Waals surface area contributed by atoms with Gasteiger partial charge in [0.15, 0.2) is 0 Å². The highest BCUT2D eigenvalue weighted by atomic mass is 19.4. The molecule has 0 spiro atoms. The van der Waals surface area contributed by atoms with Crippen molar-refractivity contribution in [2.75, 3.05) is 0 Å². The van der Waals surface area contributed by atoms with Gasteiger partial charge in [-0.25, -0.2) is 4.79 Å². The van der Waals surface area contributed by atoms with Gasteiger partial charge in [-0.05, 0) is 30.5 Å². The Labute approximate surface area is 89.7 Å². The van der Waals surface area contributed by atoms with E-state index in [0.717, 1.165) is 0 Å². The second-order valence-electron chi connectivity index (χ2n) is 3.96. The molecule has 0 aromatic heterocycles. The summed E-state index contributed by atoms with van der Waals surface area (Å²) in [7, 11) is 0. The summed E-state index contributed by atoms with van der Waals surface area (Å²) in [5, 5.41) is 8.63. The summed E-state index contributed by atoms with van der Waals surface area (Å²) >= 11 is 0. The number of hydrogen-bond donors (Lipinski definition) is 1. The molecule has 0 unspecified atom stereocenters. The molecule has 1 aromatic rings. The third-order valence-corrected chi connectivity index (χ3v) is 2.98. The molecule has 1 aliphatic rings. The minimum atomic E-state index is -4.25. The molecule has 2 rings (SSSR count). The lowest BCUT2D eigenvalue weighted by atomic mass is 9.94. The first-order valence-electron chi connectivity index (χ1n) is 4.77. The summed E-state index contributed by atoms with van der Waals surface area (Å²) in [6.45, 7) is 0. The highest BCUT2D eigenvalue weighted by Crippen LogP contribution is 2.58. The monoisotopic (exact) mass is 230 g/mol. The average Bonchev–Trinajstić information content (AvgIpc) is 2.97. The highest BCUT2D eigenvalue weighted by molar-refractivity contribution is 5.87. The van der Waals surface area contributed by atoms with E-state index in [9.17, 15) is 18.0 Å². The van der Waals surface area contributed by atoms with Gasteiger partial charge >= 0.3 is 12.1 Å². The van der Waals surface area contributed by atoms with Crippen LogP contribution < -0.4 is 0 Å². The van der Waals surface area contributed by atoms with E-state index in [1.165, 1.54) is 24.3 Å². The van der Waals surface area contributed by atoms with Crippen LogP contribution in [-0.4, -0.2) is 17.3 Å². The Hall–Kier alpha value is -1.52. The topological polar surface area (TPSA) is 37.3 Å². The van der Waals surface area contributed by atoms with Crippen molar-refractivity contribution < 1.29 is 23.1 Å². The first kappa shape index (κ1) is 11.0. The molecule has 1 saturated carbocycles. The lowest BCUT2D eigenvalue weighted by Gasteiger charge is -2.19. The second kappa shape index (κ2) is 3.23. The maximum atomic E-state index is 12.7. The quantitative estimate of drug-likeness (QED) is 0.847. The molecule has 16 heavy (non-hydrogen) atoms. The first-order chi connectivity index (χ1) is 7.37. The van der Waals surface area contributed by atoms with E-state index >= 15 is 0 Å². The van der Waals surface area contributed by atoms with Crippen molar-refractivity contribution in [3.8, 4) is 0 Å². The van der Waals surface area contributed by atoms with Crippen LogP contribution in [0.5, 0.6) is 0 Å².